The molecule has 1 amide bonds. The lowest BCUT2D eigenvalue weighted by atomic mass is 10.0. The van der Waals surface area contributed by atoms with Crippen molar-refractivity contribution in [2.75, 3.05) is 18.2 Å². The van der Waals surface area contributed by atoms with Crippen molar-refractivity contribution in [3.8, 4) is 5.75 Å². The molecule has 0 saturated carbocycles. The third-order valence-electron chi connectivity index (χ3n) is 4.04. The molecular weight excluding hydrogens is 276 g/mol. The number of ether oxygens (including phenoxy) is 1. The molecule has 1 aliphatic rings. The van der Waals surface area contributed by atoms with Crippen LogP contribution in [0.15, 0.2) is 36.4 Å². The van der Waals surface area contributed by atoms with Crippen molar-refractivity contribution < 1.29 is 9.53 Å². The molecule has 2 aromatic rings. The summed E-state index contributed by atoms with van der Waals surface area (Å²) in [4.78, 5) is 12.2. The minimum atomic E-state index is -0.0393. The largest absolute Gasteiger partial charge is 0.495 e. The summed E-state index contributed by atoms with van der Waals surface area (Å²) < 4.78 is 5.11. The highest BCUT2D eigenvalue weighted by molar-refractivity contribution is 5.93. The summed E-state index contributed by atoms with van der Waals surface area (Å²) in [7, 11) is 1.57. The summed E-state index contributed by atoms with van der Waals surface area (Å²) in [5.74, 6) is 0.569. The number of methoxy groups -OCH3 is 1. The molecule has 114 valence electrons. The highest BCUT2D eigenvalue weighted by Gasteiger charge is 2.12. The van der Waals surface area contributed by atoms with Crippen LogP contribution in [0.3, 0.4) is 0 Å². The van der Waals surface area contributed by atoms with Gasteiger partial charge in [0, 0.05) is 5.69 Å². The lowest BCUT2D eigenvalue weighted by molar-refractivity contribution is -0.115. The Labute approximate surface area is 130 Å². The maximum atomic E-state index is 12.2. The monoisotopic (exact) mass is 296 g/mol. The van der Waals surface area contributed by atoms with Gasteiger partial charge in [0.2, 0.25) is 5.91 Å². The van der Waals surface area contributed by atoms with Crippen LogP contribution in [0.4, 0.5) is 11.4 Å². The van der Waals surface area contributed by atoms with E-state index < -0.39 is 0 Å². The maximum Gasteiger partial charge on any atom is 0.228 e. The van der Waals surface area contributed by atoms with Crippen LogP contribution in [0.25, 0.3) is 0 Å². The number of anilines is 2. The Bertz CT molecular complexity index is 710. The van der Waals surface area contributed by atoms with Gasteiger partial charge in [-0.2, -0.15) is 0 Å². The number of fused-ring (bicyclic) bond motifs is 1. The number of amides is 1. The van der Waals surface area contributed by atoms with Gasteiger partial charge in [0.15, 0.2) is 0 Å². The molecule has 0 heterocycles. The Balaban J connectivity index is 1.66. The van der Waals surface area contributed by atoms with E-state index in [1.807, 2.05) is 6.07 Å². The Morgan fingerprint density at radius 3 is 2.77 bits per heavy atom. The molecule has 22 heavy (non-hydrogen) atoms. The van der Waals surface area contributed by atoms with E-state index in [4.69, 9.17) is 10.5 Å². The van der Waals surface area contributed by atoms with E-state index >= 15 is 0 Å². The molecule has 0 radical (unpaired) electrons. The van der Waals surface area contributed by atoms with Crippen molar-refractivity contribution in [2.45, 2.75) is 25.7 Å². The van der Waals surface area contributed by atoms with E-state index in [2.05, 4.69) is 17.4 Å². The smallest absolute Gasteiger partial charge is 0.228 e. The fourth-order valence-electron chi connectivity index (χ4n) is 2.94. The topological polar surface area (TPSA) is 64.3 Å². The number of carbonyl (C=O) groups is 1. The maximum absolute atomic E-state index is 12.2. The molecule has 0 bridgehead atoms. The zero-order valence-electron chi connectivity index (χ0n) is 12.7. The van der Waals surface area contributed by atoms with E-state index in [1.54, 1.807) is 25.3 Å². The number of nitrogens with two attached hydrogens (primary N) is 1. The summed E-state index contributed by atoms with van der Waals surface area (Å²) in [5.41, 5.74) is 10.9. The first-order valence-electron chi connectivity index (χ1n) is 7.50. The molecule has 3 N–H and O–H groups in total. The third-order valence-corrected chi connectivity index (χ3v) is 4.04. The van der Waals surface area contributed by atoms with Crippen molar-refractivity contribution in [1.29, 1.82) is 0 Å². The Morgan fingerprint density at radius 1 is 1.18 bits per heavy atom. The van der Waals surface area contributed by atoms with Crippen LogP contribution >= 0.6 is 0 Å². The number of hydrogen-bond donors (Lipinski definition) is 2. The van der Waals surface area contributed by atoms with Gasteiger partial charge >= 0.3 is 0 Å². The second-order valence-electron chi connectivity index (χ2n) is 5.64. The molecule has 0 saturated heterocycles. The molecule has 0 aliphatic heterocycles. The van der Waals surface area contributed by atoms with E-state index in [0.29, 0.717) is 23.5 Å². The summed E-state index contributed by atoms with van der Waals surface area (Å²) in [5, 5.41) is 2.88. The predicted octanol–water partition coefficient (Wildman–Crippen LogP) is 2.95. The van der Waals surface area contributed by atoms with E-state index in [0.717, 1.165) is 18.4 Å². The highest BCUT2D eigenvalue weighted by atomic mass is 16.5. The fraction of sp³-hybridized carbons (Fsp3) is 0.278. The molecule has 4 heteroatoms. The lowest BCUT2D eigenvalue weighted by Crippen LogP contribution is -2.14. The average molecular weight is 296 g/mol. The molecule has 1 aliphatic carbocycles. The summed E-state index contributed by atoms with van der Waals surface area (Å²) in [6.45, 7) is 0. The van der Waals surface area contributed by atoms with Gasteiger partial charge in [0.1, 0.15) is 5.75 Å². The van der Waals surface area contributed by atoms with Crippen LogP contribution in [0.5, 0.6) is 5.75 Å². The van der Waals surface area contributed by atoms with E-state index in [1.165, 1.54) is 17.5 Å². The second-order valence-corrected chi connectivity index (χ2v) is 5.64. The first-order chi connectivity index (χ1) is 10.7. The van der Waals surface area contributed by atoms with Crippen LogP contribution < -0.4 is 15.8 Å². The number of benzene rings is 2. The minimum Gasteiger partial charge on any atom is -0.495 e. The molecule has 0 spiro atoms. The van der Waals surface area contributed by atoms with Gasteiger partial charge in [0.05, 0.1) is 19.2 Å². The normalized spacial score (nSPS) is 12.8. The van der Waals surface area contributed by atoms with Gasteiger partial charge in [-0.3, -0.25) is 4.79 Å². The van der Waals surface area contributed by atoms with Crippen molar-refractivity contribution in [1.82, 2.24) is 0 Å². The van der Waals surface area contributed by atoms with Gasteiger partial charge < -0.3 is 15.8 Å². The Kier molecular flexibility index (Phi) is 4.00. The summed E-state index contributed by atoms with van der Waals surface area (Å²) >= 11 is 0. The Morgan fingerprint density at radius 2 is 2.00 bits per heavy atom. The standard InChI is InChI=1S/C18H20N2O2/c1-22-17-8-7-15(11-16(17)19)20-18(21)10-12-5-6-13-3-2-4-14(13)9-12/h5-9,11H,2-4,10,19H2,1H3,(H,20,21). The van der Waals surface area contributed by atoms with Gasteiger partial charge in [-0.15, -0.1) is 0 Å². The number of nitrogen functional groups attached to an aromatic ring is 1. The number of aryl methyl sites for hydroxylation is 2. The molecule has 3 rings (SSSR count). The van der Waals surface area contributed by atoms with Crippen molar-refractivity contribution in [3.05, 3.63) is 53.1 Å². The second kappa shape index (κ2) is 6.10. The van der Waals surface area contributed by atoms with Gasteiger partial charge in [-0.25, -0.2) is 0 Å². The molecular formula is C18H20N2O2. The number of hydrogen-bond acceptors (Lipinski definition) is 3. The molecule has 0 fully saturated rings. The number of rotatable bonds is 4. The zero-order chi connectivity index (χ0) is 15.5. The van der Waals surface area contributed by atoms with Gasteiger partial charge in [-0.1, -0.05) is 18.2 Å². The van der Waals surface area contributed by atoms with Crippen LogP contribution in [-0.2, 0) is 24.1 Å². The number of nitrogens with one attached hydrogen (secondary N) is 1. The fourth-order valence-corrected chi connectivity index (χ4v) is 2.94. The van der Waals surface area contributed by atoms with Crippen LogP contribution in [0, 0.1) is 0 Å². The third kappa shape index (κ3) is 3.06. The molecule has 0 unspecified atom stereocenters. The van der Waals surface area contributed by atoms with E-state index in [-0.39, 0.29) is 5.91 Å². The molecule has 2 aromatic carbocycles. The number of carbonyl (C=O) groups excluding carboxylic acids is 1. The van der Waals surface area contributed by atoms with Gasteiger partial charge in [-0.05, 0) is 54.2 Å². The quantitative estimate of drug-likeness (QED) is 0.853. The zero-order valence-corrected chi connectivity index (χ0v) is 12.7. The summed E-state index contributed by atoms with van der Waals surface area (Å²) in [6, 6.07) is 11.6. The minimum absolute atomic E-state index is 0.0393. The van der Waals surface area contributed by atoms with Crippen LogP contribution in [-0.4, -0.2) is 13.0 Å². The Hall–Kier alpha value is -2.49. The first-order valence-corrected chi connectivity index (χ1v) is 7.50. The first kappa shape index (κ1) is 14.4. The van der Waals surface area contributed by atoms with Crippen molar-refractivity contribution in [2.24, 2.45) is 0 Å². The van der Waals surface area contributed by atoms with Crippen LogP contribution in [0.2, 0.25) is 0 Å². The SMILES string of the molecule is COc1ccc(NC(=O)Cc2ccc3c(c2)CCC3)cc1N. The summed E-state index contributed by atoms with van der Waals surface area (Å²) in [6.07, 6.45) is 3.88. The molecule has 0 aromatic heterocycles. The van der Waals surface area contributed by atoms with Crippen molar-refractivity contribution in [3.63, 3.8) is 0 Å². The lowest BCUT2D eigenvalue weighted by Gasteiger charge is -2.09. The van der Waals surface area contributed by atoms with E-state index in [9.17, 15) is 4.79 Å². The average Bonchev–Trinajstić information content (AvgIpc) is 2.95. The van der Waals surface area contributed by atoms with Gasteiger partial charge in [0.25, 0.3) is 0 Å². The molecule has 4 nitrogen and oxygen atoms in total. The highest BCUT2D eigenvalue weighted by Crippen LogP contribution is 2.25. The predicted molar refractivity (Wildman–Crippen MR) is 88.2 cm³/mol. The van der Waals surface area contributed by atoms with Crippen molar-refractivity contribution >= 4 is 17.3 Å². The molecule has 0 atom stereocenters. The van der Waals surface area contributed by atoms with Crippen LogP contribution in [0.1, 0.15) is 23.1 Å².